The van der Waals surface area contributed by atoms with Crippen LogP contribution < -0.4 is 4.90 Å². The topological polar surface area (TPSA) is 8.17 Å². The van der Waals surface area contributed by atoms with Crippen LogP contribution in [0.1, 0.15) is 0 Å². The summed E-state index contributed by atoms with van der Waals surface area (Å²) in [6, 6.07) is 83.6. The minimum absolute atomic E-state index is 1.09. The van der Waals surface area contributed by atoms with Crippen molar-refractivity contribution in [2.45, 2.75) is 0 Å². The van der Waals surface area contributed by atoms with Gasteiger partial charge in [0.1, 0.15) is 0 Å². The van der Waals surface area contributed by atoms with Gasteiger partial charge >= 0.3 is 0 Å². The van der Waals surface area contributed by atoms with E-state index in [0.29, 0.717) is 0 Å². The Morgan fingerprint density at radius 3 is 1.62 bits per heavy atom. The van der Waals surface area contributed by atoms with E-state index in [1.165, 1.54) is 76.7 Å². The number of hydrogen-bond acceptors (Lipinski definition) is 1. The second-order valence-corrected chi connectivity index (χ2v) is 14.9. The van der Waals surface area contributed by atoms with Crippen LogP contribution in [0.3, 0.4) is 0 Å². The second kappa shape index (κ2) is 14.1. The monoisotopic (exact) mass is 738 g/mol. The van der Waals surface area contributed by atoms with Crippen molar-refractivity contribution in [3.8, 4) is 39.1 Å². The molecule has 0 aliphatic carbocycles. The molecule has 0 unspecified atom stereocenters. The molecule has 2 nitrogen and oxygen atoms in total. The lowest BCUT2D eigenvalue weighted by atomic mass is 9.97. The summed E-state index contributed by atoms with van der Waals surface area (Å²) in [4.78, 5) is 2.38. The van der Waals surface area contributed by atoms with Crippen molar-refractivity contribution in [2.75, 3.05) is 4.90 Å². The summed E-state index contributed by atoms with van der Waals surface area (Å²) in [6.45, 7) is 0. The van der Waals surface area contributed by atoms with E-state index in [0.717, 1.165) is 22.7 Å². The number of rotatable bonds is 7. The van der Waals surface area contributed by atoms with Gasteiger partial charge in [-0.25, -0.2) is 0 Å². The third-order valence-corrected chi connectivity index (χ3v) is 11.6. The van der Waals surface area contributed by atoms with Gasteiger partial charge in [-0.05, 0) is 104 Å². The van der Waals surface area contributed by atoms with Gasteiger partial charge in [0.15, 0.2) is 0 Å². The first-order chi connectivity index (χ1) is 28.8. The highest BCUT2D eigenvalue weighted by Crippen LogP contribution is 2.44. The van der Waals surface area contributed by atoms with Gasteiger partial charge in [-0.2, -0.15) is 0 Å². The van der Waals surface area contributed by atoms with Gasteiger partial charge in [0.2, 0.25) is 0 Å². The van der Waals surface area contributed by atoms with E-state index in [9.17, 15) is 0 Å². The molecule has 272 valence electrons. The van der Waals surface area contributed by atoms with E-state index in [1.807, 2.05) is 0 Å². The Labute approximate surface area is 338 Å². The van der Waals surface area contributed by atoms with E-state index in [-0.39, 0.29) is 0 Å². The summed E-state index contributed by atoms with van der Waals surface area (Å²) < 4.78 is 2.44. The number of para-hydroxylation sites is 1. The molecule has 0 radical (unpaired) electrons. The van der Waals surface area contributed by atoms with Crippen LogP contribution in [-0.4, -0.2) is 4.57 Å². The summed E-state index contributed by atoms with van der Waals surface area (Å²) in [5.41, 5.74) is 14.1. The summed E-state index contributed by atoms with van der Waals surface area (Å²) in [7, 11) is 0. The number of fused-ring (bicyclic) bond motifs is 6. The van der Waals surface area contributed by atoms with Crippen molar-refractivity contribution in [3.05, 3.63) is 231 Å². The van der Waals surface area contributed by atoms with Crippen molar-refractivity contribution < 1.29 is 0 Å². The normalized spacial score (nSPS) is 11.4. The zero-order chi connectivity index (χ0) is 38.4. The van der Waals surface area contributed by atoms with Gasteiger partial charge in [0.25, 0.3) is 0 Å². The molecule has 0 spiro atoms. The highest BCUT2D eigenvalue weighted by Gasteiger charge is 2.20. The third kappa shape index (κ3) is 5.74. The quantitative estimate of drug-likeness (QED) is 0.158. The maximum atomic E-state index is 2.44. The Hall–Kier alpha value is -7.68. The van der Waals surface area contributed by atoms with Crippen LogP contribution >= 0.6 is 0 Å². The molecule has 11 aromatic rings. The summed E-state index contributed by atoms with van der Waals surface area (Å²) in [5, 5.41) is 7.49. The summed E-state index contributed by atoms with van der Waals surface area (Å²) >= 11 is 0. The van der Waals surface area contributed by atoms with Gasteiger partial charge in [-0.3, -0.25) is 0 Å². The highest BCUT2D eigenvalue weighted by molar-refractivity contribution is 6.22. The van der Waals surface area contributed by atoms with Crippen molar-refractivity contribution in [3.63, 3.8) is 0 Å². The molecule has 0 saturated heterocycles. The number of aromatic nitrogens is 1. The van der Waals surface area contributed by atoms with Crippen LogP contribution in [0.15, 0.2) is 231 Å². The van der Waals surface area contributed by atoms with Gasteiger partial charge < -0.3 is 9.47 Å². The van der Waals surface area contributed by atoms with Gasteiger partial charge in [0, 0.05) is 38.9 Å². The van der Waals surface area contributed by atoms with Gasteiger partial charge in [-0.1, -0.05) is 176 Å². The van der Waals surface area contributed by atoms with Crippen molar-refractivity contribution >= 4 is 60.4 Å². The number of nitrogens with zero attached hydrogens (tertiary/aromatic N) is 2. The van der Waals surface area contributed by atoms with Gasteiger partial charge in [0.05, 0.1) is 11.0 Å². The lowest BCUT2D eigenvalue weighted by Gasteiger charge is -2.26. The van der Waals surface area contributed by atoms with Crippen molar-refractivity contribution in [1.82, 2.24) is 4.57 Å². The van der Waals surface area contributed by atoms with Crippen LogP contribution in [0.2, 0.25) is 0 Å². The second-order valence-electron chi connectivity index (χ2n) is 14.9. The summed E-state index contributed by atoms with van der Waals surface area (Å²) in [6.07, 6.45) is 0. The first-order valence-corrected chi connectivity index (χ1v) is 19.9. The Kier molecular flexibility index (Phi) is 8.19. The van der Waals surface area contributed by atoms with Crippen LogP contribution in [0.25, 0.3) is 82.4 Å². The Morgan fingerprint density at radius 1 is 0.310 bits per heavy atom. The van der Waals surface area contributed by atoms with Gasteiger partial charge in [-0.15, -0.1) is 0 Å². The predicted octanol–water partition coefficient (Wildman–Crippen LogP) is 15.6. The fraction of sp³-hybridized carbons (Fsp3) is 0. The lowest BCUT2D eigenvalue weighted by Crippen LogP contribution is -2.10. The molecule has 0 N–H and O–H groups in total. The maximum absolute atomic E-state index is 2.44. The molecule has 0 saturated carbocycles. The average Bonchev–Trinajstić information content (AvgIpc) is 3.65. The van der Waals surface area contributed by atoms with Crippen LogP contribution in [0.5, 0.6) is 0 Å². The first kappa shape index (κ1) is 33.6. The van der Waals surface area contributed by atoms with E-state index in [1.54, 1.807) is 0 Å². The molecule has 0 aliphatic rings. The molecular formula is C56H38N2. The molecular weight excluding hydrogens is 701 g/mol. The zero-order valence-corrected chi connectivity index (χ0v) is 31.8. The molecule has 10 aromatic carbocycles. The minimum atomic E-state index is 1.09. The van der Waals surface area contributed by atoms with Crippen LogP contribution in [0.4, 0.5) is 17.1 Å². The maximum Gasteiger partial charge on any atom is 0.0619 e. The first-order valence-electron chi connectivity index (χ1n) is 19.9. The van der Waals surface area contributed by atoms with Crippen LogP contribution in [0, 0.1) is 0 Å². The fourth-order valence-corrected chi connectivity index (χ4v) is 8.87. The Morgan fingerprint density at radius 2 is 0.862 bits per heavy atom. The number of benzene rings is 10. The molecule has 0 aliphatic heterocycles. The Balaban J connectivity index is 1.08. The van der Waals surface area contributed by atoms with Crippen molar-refractivity contribution in [2.24, 2.45) is 0 Å². The average molecular weight is 739 g/mol. The summed E-state index contributed by atoms with van der Waals surface area (Å²) in [5.74, 6) is 0. The standard InChI is InChI=1S/C56H38N2/c1-3-14-39(15-4-1)40-28-33-46(34-29-40)57(47-35-30-43(31-36-47)50-25-12-18-41-16-7-9-23-49(41)50)48-22-11-19-44(38-48)51-26-13-27-54-55(51)53-37-32-42-17-8-10-24-52(42)56(53)58(54)45-20-5-2-6-21-45/h1-38H. The molecule has 0 amide bonds. The molecule has 0 atom stereocenters. The predicted molar refractivity (Wildman–Crippen MR) is 247 cm³/mol. The molecule has 0 bridgehead atoms. The Bertz CT molecular complexity index is 3250. The molecule has 58 heavy (non-hydrogen) atoms. The number of hydrogen-bond donors (Lipinski definition) is 0. The minimum Gasteiger partial charge on any atom is -0.310 e. The zero-order valence-electron chi connectivity index (χ0n) is 31.8. The fourth-order valence-electron chi connectivity index (χ4n) is 8.87. The molecule has 1 aromatic heterocycles. The number of anilines is 3. The highest BCUT2D eigenvalue weighted by atomic mass is 15.1. The van der Waals surface area contributed by atoms with E-state index < -0.39 is 0 Å². The largest absolute Gasteiger partial charge is 0.310 e. The smallest absolute Gasteiger partial charge is 0.0619 e. The lowest BCUT2D eigenvalue weighted by molar-refractivity contribution is 1.19. The van der Waals surface area contributed by atoms with Crippen LogP contribution in [-0.2, 0) is 0 Å². The molecule has 0 fully saturated rings. The van der Waals surface area contributed by atoms with E-state index in [4.69, 9.17) is 0 Å². The van der Waals surface area contributed by atoms with E-state index in [2.05, 4.69) is 240 Å². The SMILES string of the molecule is c1ccc(-c2ccc(N(c3ccc(-c4cccc5ccccc45)cc3)c3cccc(-c4cccc5c4c4ccc6ccccc6c4n5-c4ccccc4)c3)cc2)cc1. The molecule has 11 rings (SSSR count). The molecule has 1 heterocycles. The van der Waals surface area contributed by atoms with E-state index >= 15 is 0 Å². The van der Waals surface area contributed by atoms with Crippen molar-refractivity contribution in [1.29, 1.82) is 0 Å². The molecule has 2 heteroatoms. The third-order valence-electron chi connectivity index (χ3n) is 11.6.